The van der Waals surface area contributed by atoms with Gasteiger partial charge in [-0.3, -0.25) is 4.79 Å². The lowest BCUT2D eigenvalue weighted by Crippen LogP contribution is -2.32. The van der Waals surface area contributed by atoms with Gasteiger partial charge in [-0.05, 0) is 62.8 Å². The highest BCUT2D eigenvalue weighted by Gasteiger charge is 2.16. The van der Waals surface area contributed by atoms with Crippen molar-refractivity contribution in [2.24, 2.45) is 0 Å². The van der Waals surface area contributed by atoms with Crippen molar-refractivity contribution in [2.75, 3.05) is 18.0 Å². The summed E-state index contributed by atoms with van der Waals surface area (Å²) in [7, 11) is 0. The van der Waals surface area contributed by atoms with Crippen molar-refractivity contribution in [3.63, 3.8) is 0 Å². The van der Waals surface area contributed by atoms with E-state index in [1.165, 1.54) is 24.8 Å². The molecule has 146 valence electrons. The fourth-order valence-electron chi connectivity index (χ4n) is 3.68. The van der Waals surface area contributed by atoms with Crippen LogP contribution < -0.4 is 10.2 Å². The molecular formula is C23H27N3OS. The van der Waals surface area contributed by atoms with E-state index in [4.69, 9.17) is 4.98 Å². The maximum absolute atomic E-state index is 12.7. The number of amides is 1. The van der Waals surface area contributed by atoms with Crippen molar-refractivity contribution in [3.8, 4) is 0 Å². The quantitative estimate of drug-likeness (QED) is 0.638. The largest absolute Gasteiger partial charge is 0.350 e. The minimum Gasteiger partial charge on any atom is -0.350 e. The summed E-state index contributed by atoms with van der Waals surface area (Å²) < 4.78 is 1.09. The molecule has 1 saturated heterocycles. The van der Waals surface area contributed by atoms with E-state index in [1.54, 1.807) is 11.3 Å². The molecule has 1 aliphatic rings. The van der Waals surface area contributed by atoms with Crippen LogP contribution in [0.5, 0.6) is 0 Å². The zero-order valence-electron chi connectivity index (χ0n) is 16.4. The first kappa shape index (κ1) is 18.9. The first-order valence-electron chi connectivity index (χ1n) is 10.2. The Hall–Kier alpha value is -2.40. The normalized spacial score (nSPS) is 15.5. The Morgan fingerprint density at radius 1 is 1.14 bits per heavy atom. The van der Waals surface area contributed by atoms with Crippen LogP contribution in [0.15, 0.2) is 48.5 Å². The number of aryl methyl sites for hydroxylation is 1. The number of thiazole rings is 1. The second kappa shape index (κ2) is 8.74. The molecule has 1 atom stereocenters. The Kier molecular flexibility index (Phi) is 5.91. The van der Waals surface area contributed by atoms with Crippen molar-refractivity contribution in [3.05, 3.63) is 59.7 Å². The molecule has 1 N–H and O–H groups in total. The molecule has 0 radical (unpaired) electrons. The second-order valence-corrected chi connectivity index (χ2v) is 8.63. The van der Waals surface area contributed by atoms with E-state index in [2.05, 4.69) is 41.4 Å². The predicted octanol–water partition coefficient (Wildman–Crippen LogP) is 5.04. The van der Waals surface area contributed by atoms with Crippen LogP contribution in [-0.4, -0.2) is 30.0 Å². The fraction of sp³-hybridized carbons (Fsp3) is 0.391. The lowest BCUT2D eigenvalue weighted by atomic mass is 10.1. The van der Waals surface area contributed by atoms with Crippen LogP contribution in [0.25, 0.3) is 10.2 Å². The highest BCUT2D eigenvalue weighted by molar-refractivity contribution is 7.22. The molecule has 28 heavy (non-hydrogen) atoms. The third-order valence-corrected chi connectivity index (χ3v) is 6.43. The van der Waals surface area contributed by atoms with Crippen LogP contribution in [0.2, 0.25) is 0 Å². The van der Waals surface area contributed by atoms with Crippen LogP contribution in [0.3, 0.4) is 0 Å². The molecule has 0 spiro atoms. The lowest BCUT2D eigenvalue weighted by molar-refractivity contribution is 0.0938. The van der Waals surface area contributed by atoms with E-state index in [0.29, 0.717) is 5.56 Å². The predicted molar refractivity (Wildman–Crippen MR) is 117 cm³/mol. The van der Waals surface area contributed by atoms with Gasteiger partial charge in [-0.2, -0.15) is 0 Å². The summed E-state index contributed by atoms with van der Waals surface area (Å²) in [5.74, 6) is -0.00427. The van der Waals surface area contributed by atoms with Gasteiger partial charge in [0.2, 0.25) is 0 Å². The number of piperidine rings is 1. The van der Waals surface area contributed by atoms with Gasteiger partial charge in [0.05, 0.1) is 10.2 Å². The molecule has 1 aromatic heterocycles. The van der Waals surface area contributed by atoms with Gasteiger partial charge in [0.25, 0.3) is 5.91 Å². The standard InChI is InChI=1S/C23H27N3OS/c1-17(10-11-18-8-4-2-5-9-18)24-22(27)19-12-13-20-21(16-19)28-23(25-20)26-14-6-3-7-15-26/h2,4-5,8-9,12-13,16-17H,3,6-7,10-11,14-15H2,1H3,(H,24,27)/t17-/m1/s1. The first-order chi connectivity index (χ1) is 13.7. The number of anilines is 1. The van der Waals surface area contributed by atoms with Gasteiger partial charge < -0.3 is 10.2 Å². The molecule has 0 saturated carbocycles. The van der Waals surface area contributed by atoms with Crippen LogP contribution in [0.4, 0.5) is 5.13 Å². The molecule has 4 nitrogen and oxygen atoms in total. The number of carbonyl (C=O) groups is 1. The zero-order valence-corrected chi connectivity index (χ0v) is 17.2. The van der Waals surface area contributed by atoms with Gasteiger partial charge in [-0.1, -0.05) is 41.7 Å². The Labute approximate surface area is 170 Å². The van der Waals surface area contributed by atoms with Crippen LogP contribution in [0, 0.1) is 0 Å². The fourth-order valence-corrected chi connectivity index (χ4v) is 4.74. The lowest BCUT2D eigenvalue weighted by Gasteiger charge is -2.25. The number of nitrogens with one attached hydrogen (secondary N) is 1. The molecule has 0 aliphatic carbocycles. The number of rotatable bonds is 6. The average Bonchev–Trinajstić information content (AvgIpc) is 3.17. The third-order valence-electron chi connectivity index (χ3n) is 5.35. The van der Waals surface area contributed by atoms with Crippen LogP contribution in [-0.2, 0) is 6.42 Å². The monoisotopic (exact) mass is 393 g/mol. The van der Waals surface area contributed by atoms with Gasteiger partial charge >= 0.3 is 0 Å². The van der Waals surface area contributed by atoms with Gasteiger partial charge in [0.15, 0.2) is 5.13 Å². The van der Waals surface area contributed by atoms with Gasteiger partial charge in [-0.15, -0.1) is 0 Å². The number of nitrogens with zero attached hydrogens (tertiary/aromatic N) is 2. The second-order valence-electron chi connectivity index (χ2n) is 7.63. The summed E-state index contributed by atoms with van der Waals surface area (Å²) in [5, 5.41) is 4.22. The van der Waals surface area contributed by atoms with E-state index in [1.807, 2.05) is 24.3 Å². The molecule has 3 aromatic rings. The highest BCUT2D eigenvalue weighted by atomic mass is 32.1. The van der Waals surface area contributed by atoms with E-state index < -0.39 is 0 Å². The third kappa shape index (κ3) is 4.53. The molecule has 5 heteroatoms. The number of benzene rings is 2. The smallest absolute Gasteiger partial charge is 0.251 e. The van der Waals surface area contributed by atoms with E-state index in [-0.39, 0.29) is 11.9 Å². The van der Waals surface area contributed by atoms with E-state index >= 15 is 0 Å². The molecule has 2 heterocycles. The summed E-state index contributed by atoms with van der Waals surface area (Å²) in [5.41, 5.74) is 3.01. The maximum atomic E-state index is 12.7. The Morgan fingerprint density at radius 2 is 1.93 bits per heavy atom. The van der Waals surface area contributed by atoms with Crippen molar-refractivity contribution in [2.45, 2.75) is 45.1 Å². The number of carbonyl (C=O) groups excluding carboxylic acids is 1. The minimum atomic E-state index is -0.00427. The van der Waals surface area contributed by atoms with Crippen LogP contribution in [0.1, 0.15) is 48.5 Å². The molecule has 1 fully saturated rings. The van der Waals surface area contributed by atoms with Crippen molar-refractivity contribution >= 4 is 32.6 Å². The minimum absolute atomic E-state index is 0.00427. The molecular weight excluding hydrogens is 366 g/mol. The molecule has 2 aromatic carbocycles. The first-order valence-corrected chi connectivity index (χ1v) is 11.0. The van der Waals surface area contributed by atoms with Gasteiger partial charge in [-0.25, -0.2) is 4.98 Å². The Bertz CT molecular complexity index is 931. The highest BCUT2D eigenvalue weighted by Crippen LogP contribution is 2.31. The van der Waals surface area contributed by atoms with Crippen molar-refractivity contribution in [1.82, 2.24) is 10.3 Å². The number of aromatic nitrogens is 1. The van der Waals surface area contributed by atoms with Crippen molar-refractivity contribution < 1.29 is 4.79 Å². The van der Waals surface area contributed by atoms with Crippen LogP contribution >= 0.6 is 11.3 Å². The zero-order chi connectivity index (χ0) is 19.3. The molecule has 1 amide bonds. The number of hydrogen-bond acceptors (Lipinski definition) is 4. The molecule has 4 rings (SSSR count). The Balaban J connectivity index is 1.39. The topological polar surface area (TPSA) is 45.2 Å². The van der Waals surface area contributed by atoms with E-state index in [0.717, 1.165) is 41.3 Å². The summed E-state index contributed by atoms with van der Waals surface area (Å²) >= 11 is 1.70. The maximum Gasteiger partial charge on any atom is 0.251 e. The number of hydrogen-bond donors (Lipinski definition) is 1. The van der Waals surface area contributed by atoms with E-state index in [9.17, 15) is 4.79 Å². The summed E-state index contributed by atoms with van der Waals surface area (Å²) in [6.07, 6.45) is 5.69. The molecule has 0 unspecified atom stereocenters. The Morgan fingerprint density at radius 3 is 2.71 bits per heavy atom. The summed E-state index contributed by atoms with van der Waals surface area (Å²) in [6, 6.07) is 16.4. The van der Waals surface area contributed by atoms with Gasteiger partial charge in [0, 0.05) is 24.7 Å². The average molecular weight is 394 g/mol. The van der Waals surface area contributed by atoms with Gasteiger partial charge in [0.1, 0.15) is 0 Å². The molecule has 0 bridgehead atoms. The number of fused-ring (bicyclic) bond motifs is 1. The van der Waals surface area contributed by atoms with Crippen molar-refractivity contribution in [1.29, 1.82) is 0 Å². The molecule has 1 aliphatic heterocycles. The summed E-state index contributed by atoms with van der Waals surface area (Å²) in [4.78, 5) is 19.8. The summed E-state index contributed by atoms with van der Waals surface area (Å²) in [6.45, 7) is 4.25. The SMILES string of the molecule is C[C@H](CCc1ccccc1)NC(=O)c1ccc2nc(N3CCCCC3)sc2c1.